The number of hydrogen-bond donors (Lipinski definition) is 1. The van der Waals surface area contributed by atoms with Gasteiger partial charge in [-0.1, -0.05) is 12.1 Å². The number of ether oxygens (including phenoxy) is 2. The highest BCUT2D eigenvalue weighted by Crippen LogP contribution is 2.27. The Kier molecular flexibility index (Phi) is 4.55. The van der Waals surface area contributed by atoms with Gasteiger partial charge in [0.15, 0.2) is 11.6 Å². The van der Waals surface area contributed by atoms with Crippen molar-refractivity contribution in [1.29, 1.82) is 0 Å². The van der Waals surface area contributed by atoms with Crippen LogP contribution in [0.5, 0.6) is 5.75 Å². The van der Waals surface area contributed by atoms with E-state index >= 15 is 0 Å². The largest absolute Gasteiger partial charge is 0.487 e. The smallest absolute Gasteiger partial charge is 0.165 e. The van der Waals surface area contributed by atoms with Crippen molar-refractivity contribution < 1.29 is 13.9 Å². The van der Waals surface area contributed by atoms with Gasteiger partial charge < -0.3 is 15.2 Å². The molecule has 2 N–H and O–H groups in total. The van der Waals surface area contributed by atoms with E-state index < -0.39 is 0 Å². The standard InChI is InChI=1S/C14H20FNO2/c1-10(16)12-6-4-7-13(15)14(12)18-9-11-5-2-3-8-17-11/h4,6-7,10-11H,2-3,5,8-9,16H2,1H3/t10-,11?/m1/s1. The molecule has 0 aromatic heterocycles. The third-order valence-corrected chi connectivity index (χ3v) is 3.18. The lowest BCUT2D eigenvalue weighted by Crippen LogP contribution is -2.26. The van der Waals surface area contributed by atoms with Crippen LogP contribution in [-0.2, 0) is 4.74 Å². The fourth-order valence-corrected chi connectivity index (χ4v) is 2.15. The fraction of sp³-hybridized carbons (Fsp3) is 0.571. The SMILES string of the molecule is C[C@@H](N)c1cccc(F)c1OCC1CCCCO1. The normalized spacial score (nSPS) is 21.6. The molecule has 2 atom stereocenters. The van der Waals surface area contributed by atoms with Gasteiger partial charge in [-0.25, -0.2) is 4.39 Å². The van der Waals surface area contributed by atoms with Gasteiger partial charge in [-0.05, 0) is 32.3 Å². The predicted molar refractivity (Wildman–Crippen MR) is 68.1 cm³/mol. The third kappa shape index (κ3) is 3.21. The van der Waals surface area contributed by atoms with E-state index in [1.807, 2.05) is 6.92 Å². The summed E-state index contributed by atoms with van der Waals surface area (Å²) < 4.78 is 24.9. The molecule has 4 heteroatoms. The summed E-state index contributed by atoms with van der Waals surface area (Å²) in [4.78, 5) is 0. The molecule has 0 bridgehead atoms. The second-order valence-electron chi connectivity index (χ2n) is 4.75. The van der Waals surface area contributed by atoms with E-state index in [-0.39, 0.29) is 23.7 Å². The van der Waals surface area contributed by atoms with Crippen LogP contribution in [0.25, 0.3) is 0 Å². The summed E-state index contributed by atoms with van der Waals surface area (Å²) in [6.07, 6.45) is 3.29. The van der Waals surface area contributed by atoms with Crippen molar-refractivity contribution in [3.8, 4) is 5.75 Å². The lowest BCUT2D eigenvalue weighted by atomic mass is 10.1. The lowest BCUT2D eigenvalue weighted by molar-refractivity contribution is -0.0119. The van der Waals surface area contributed by atoms with Crippen molar-refractivity contribution in [3.05, 3.63) is 29.6 Å². The maximum atomic E-state index is 13.7. The van der Waals surface area contributed by atoms with Crippen molar-refractivity contribution in [2.75, 3.05) is 13.2 Å². The molecule has 1 saturated heterocycles. The molecule has 0 amide bonds. The van der Waals surface area contributed by atoms with Crippen molar-refractivity contribution in [2.45, 2.75) is 38.3 Å². The molecular weight excluding hydrogens is 233 g/mol. The van der Waals surface area contributed by atoms with Crippen molar-refractivity contribution in [2.24, 2.45) is 5.73 Å². The summed E-state index contributed by atoms with van der Waals surface area (Å²) in [5.41, 5.74) is 6.51. The summed E-state index contributed by atoms with van der Waals surface area (Å²) >= 11 is 0. The highest BCUT2D eigenvalue weighted by atomic mass is 19.1. The monoisotopic (exact) mass is 253 g/mol. The number of nitrogens with two attached hydrogens (primary N) is 1. The van der Waals surface area contributed by atoms with Gasteiger partial charge >= 0.3 is 0 Å². The molecule has 1 unspecified atom stereocenters. The fourth-order valence-electron chi connectivity index (χ4n) is 2.15. The highest BCUT2D eigenvalue weighted by Gasteiger charge is 2.18. The molecule has 0 aliphatic carbocycles. The molecule has 1 aliphatic heterocycles. The Bertz CT molecular complexity index is 389. The molecule has 1 fully saturated rings. The minimum Gasteiger partial charge on any atom is -0.487 e. The molecular formula is C14H20FNO2. The van der Waals surface area contributed by atoms with Crippen LogP contribution in [0, 0.1) is 5.82 Å². The van der Waals surface area contributed by atoms with Gasteiger partial charge in [0.05, 0.1) is 6.10 Å². The maximum Gasteiger partial charge on any atom is 0.165 e. The highest BCUT2D eigenvalue weighted by molar-refractivity contribution is 5.36. The first-order valence-electron chi connectivity index (χ1n) is 6.47. The minimum absolute atomic E-state index is 0.0688. The Labute approximate surface area is 107 Å². The van der Waals surface area contributed by atoms with Gasteiger partial charge in [0.2, 0.25) is 0 Å². The van der Waals surface area contributed by atoms with Crippen LogP contribution in [0.4, 0.5) is 4.39 Å². The molecule has 1 aromatic rings. The Morgan fingerprint density at radius 3 is 3.00 bits per heavy atom. The predicted octanol–water partition coefficient (Wildman–Crippen LogP) is 2.79. The molecule has 3 nitrogen and oxygen atoms in total. The van der Waals surface area contributed by atoms with Gasteiger partial charge in [-0.15, -0.1) is 0 Å². The van der Waals surface area contributed by atoms with E-state index in [2.05, 4.69) is 0 Å². The summed E-state index contributed by atoms with van der Waals surface area (Å²) in [5.74, 6) is -0.0951. The Morgan fingerprint density at radius 1 is 1.50 bits per heavy atom. The summed E-state index contributed by atoms with van der Waals surface area (Å²) in [7, 11) is 0. The molecule has 1 aliphatic rings. The molecule has 1 heterocycles. The van der Waals surface area contributed by atoms with Gasteiger partial charge in [-0.2, -0.15) is 0 Å². The van der Waals surface area contributed by atoms with Crippen LogP contribution in [-0.4, -0.2) is 19.3 Å². The average Bonchev–Trinajstić information content (AvgIpc) is 2.38. The van der Waals surface area contributed by atoms with E-state index in [0.29, 0.717) is 12.2 Å². The van der Waals surface area contributed by atoms with Crippen LogP contribution >= 0.6 is 0 Å². The molecule has 1 aromatic carbocycles. The summed E-state index contributed by atoms with van der Waals surface area (Å²) in [5, 5.41) is 0. The third-order valence-electron chi connectivity index (χ3n) is 3.18. The van der Waals surface area contributed by atoms with Crippen LogP contribution in [0.15, 0.2) is 18.2 Å². The molecule has 100 valence electrons. The Morgan fingerprint density at radius 2 is 2.33 bits per heavy atom. The first-order chi connectivity index (χ1) is 8.68. The number of hydrogen-bond acceptors (Lipinski definition) is 3. The van der Waals surface area contributed by atoms with Gasteiger partial charge in [-0.3, -0.25) is 0 Å². The number of benzene rings is 1. The van der Waals surface area contributed by atoms with Gasteiger partial charge in [0, 0.05) is 18.2 Å². The molecule has 0 spiro atoms. The Balaban J connectivity index is 2.03. The van der Waals surface area contributed by atoms with E-state index in [1.165, 1.54) is 6.07 Å². The molecule has 2 rings (SSSR count). The molecule has 0 saturated carbocycles. The second kappa shape index (κ2) is 6.16. The molecule has 18 heavy (non-hydrogen) atoms. The van der Waals surface area contributed by atoms with E-state index in [0.717, 1.165) is 25.9 Å². The topological polar surface area (TPSA) is 44.5 Å². The van der Waals surface area contributed by atoms with Crippen LogP contribution in [0.2, 0.25) is 0 Å². The summed E-state index contributed by atoms with van der Waals surface area (Å²) in [6, 6.07) is 4.59. The average molecular weight is 253 g/mol. The number of rotatable bonds is 4. The zero-order valence-electron chi connectivity index (χ0n) is 10.7. The van der Waals surface area contributed by atoms with E-state index in [4.69, 9.17) is 15.2 Å². The molecule has 0 radical (unpaired) electrons. The first-order valence-corrected chi connectivity index (χ1v) is 6.47. The maximum absolute atomic E-state index is 13.7. The minimum atomic E-state index is -0.361. The zero-order valence-corrected chi connectivity index (χ0v) is 10.7. The van der Waals surface area contributed by atoms with Crippen molar-refractivity contribution in [1.82, 2.24) is 0 Å². The van der Waals surface area contributed by atoms with Crippen molar-refractivity contribution >= 4 is 0 Å². The van der Waals surface area contributed by atoms with Crippen LogP contribution in [0.3, 0.4) is 0 Å². The van der Waals surface area contributed by atoms with Gasteiger partial charge in [0.25, 0.3) is 0 Å². The van der Waals surface area contributed by atoms with Crippen LogP contribution < -0.4 is 10.5 Å². The van der Waals surface area contributed by atoms with E-state index in [9.17, 15) is 4.39 Å². The van der Waals surface area contributed by atoms with Crippen LogP contribution in [0.1, 0.15) is 37.8 Å². The quantitative estimate of drug-likeness (QED) is 0.897. The van der Waals surface area contributed by atoms with E-state index in [1.54, 1.807) is 12.1 Å². The zero-order chi connectivity index (χ0) is 13.0. The lowest BCUT2D eigenvalue weighted by Gasteiger charge is -2.23. The first kappa shape index (κ1) is 13.3. The number of halogens is 1. The summed E-state index contributed by atoms with van der Waals surface area (Å²) in [6.45, 7) is 2.98. The number of para-hydroxylation sites is 1. The van der Waals surface area contributed by atoms with Gasteiger partial charge in [0.1, 0.15) is 6.61 Å². The Hall–Kier alpha value is -1.13. The van der Waals surface area contributed by atoms with Crippen molar-refractivity contribution in [3.63, 3.8) is 0 Å². The second-order valence-corrected chi connectivity index (χ2v) is 4.75.